The smallest absolute Gasteiger partial charge is 0.264 e. The van der Waals surface area contributed by atoms with E-state index in [1.54, 1.807) is 30.3 Å². The lowest BCUT2D eigenvalue weighted by atomic mass is 10.2. The normalized spacial score (nSPS) is 11.6. The fourth-order valence-electron chi connectivity index (χ4n) is 3.89. The van der Waals surface area contributed by atoms with Gasteiger partial charge in [-0.15, -0.1) is 0 Å². The number of amides is 1. The van der Waals surface area contributed by atoms with Gasteiger partial charge in [0.2, 0.25) is 0 Å². The number of aromatic nitrogens is 1. The molecule has 0 aliphatic rings. The Bertz CT molecular complexity index is 1540. The standard InChI is InChI=1S/C27H24ClFN4O3S/c1-19-16-21(20(2)33(19)25-12-8-22(28)9-13-25)17-30-31-27(34)18-32(24-14-10-23(29)11-15-24)37(35,36)26-6-4-3-5-7-26/h3-17H,18H2,1-2H3,(H,31,34)/b30-17-. The molecule has 1 N–H and O–H groups in total. The number of hydrogen-bond donors (Lipinski definition) is 1. The van der Waals surface area contributed by atoms with Gasteiger partial charge in [0.1, 0.15) is 12.4 Å². The van der Waals surface area contributed by atoms with Gasteiger partial charge in [0, 0.05) is 27.7 Å². The zero-order chi connectivity index (χ0) is 26.6. The van der Waals surface area contributed by atoms with E-state index < -0.39 is 28.3 Å². The molecule has 0 fully saturated rings. The number of carbonyl (C=O) groups excluding carboxylic acids is 1. The number of anilines is 1. The number of carbonyl (C=O) groups is 1. The molecule has 1 heterocycles. The number of sulfonamides is 1. The highest BCUT2D eigenvalue weighted by Gasteiger charge is 2.27. The lowest BCUT2D eigenvalue weighted by Crippen LogP contribution is -2.39. The predicted molar refractivity (Wildman–Crippen MR) is 143 cm³/mol. The van der Waals surface area contributed by atoms with Crippen LogP contribution in [0.5, 0.6) is 0 Å². The van der Waals surface area contributed by atoms with Crippen molar-refractivity contribution < 1.29 is 17.6 Å². The van der Waals surface area contributed by atoms with Crippen LogP contribution >= 0.6 is 11.6 Å². The quantitative estimate of drug-likeness (QED) is 0.246. The van der Waals surface area contributed by atoms with Crippen LogP contribution in [-0.2, 0) is 14.8 Å². The Morgan fingerprint density at radius 2 is 1.68 bits per heavy atom. The van der Waals surface area contributed by atoms with Crippen LogP contribution in [0.2, 0.25) is 5.02 Å². The maximum atomic E-state index is 13.5. The maximum Gasteiger partial charge on any atom is 0.264 e. The fraction of sp³-hybridized carbons (Fsp3) is 0.111. The van der Waals surface area contributed by atoms with Crippen LogP contribution in [-0.4, -0.2) is 31.7 Å². The van der Waals surface area contributed by atoms with Gasteiger partial charge in [-0.3, -0.25) is 9.10 Å². The van der Waals surface area contributed by atoms with Gasteiger partial charge in [-0.05, 0) is 80.6 Å². The van der Waals surface area contributed by atoms with Crippen LogP contribution in [0.1, 0.15) is 17.0 Å². The first kappa shape index (κ1) is 26.1. The van der Waals surface area contributed by atoms with E-state index in [2.05, 4.69) is 10.5 Å². The Morgan fingerprint density at radius 3 is 2.32 bits per heavy atom. The molecule has 0 unspecified atom stereocenters. The molecular formula is C27H24ClFN4O3S. The van der Waals surface area contributed by atoms with E-state index in [-0.39, 0.29) is 10.6 Å². The molecule has 190 valence electrons. The number of hydrogen-bond acceptors (Lipinski definition) is 4. The summed E-state index contributed by atoms with van der Waals surface area (Å²) in [7, 11) is -4.10. The Labute approximate surface area is 219 Å². The minimum atomic E-state index is -4.10. The van der Waals surface area contributed by atoms with Crippen molar-refractivity contribution in [2.75, 3.05) is 10.8 Å². The molecule has 1 amide bonds. The Morgan fingerprint density at radius 1 is 1.03 bits per heavy atom. The van der Waals surface area contributed by atoms with Gasteiger partial charge < -0.3 is 4.57 Å². The Kier molecular flexibility index (Phi) is 7.75. The van der Waals surface area contributed by atoms with Crippen LogP contribution < -0.4 is 9.73 Å². The third-order valence-corrected chi connectivity index (χ3v) is 7.72. The van der Waals surface area contributed by atoms with Crippen LogP contribution in [0, 0.1) is 19.7 Å². The molecule has 0 saturated heterocycles. The van der Waals surface area contributed by atoms with Gasteiger partial charge in [-0.2, -0.15) is 5.10 Å². The second-order valence-corrected chi connectivity index (χ2v) is 10.5. The van der Waals surface area contributed by atoms with E-state index in [9.17, 15) is 17.6 Å². The molecule has 0 spiro atoms. The summed E-state index contributed by atoms with van der Waals surface area (Å²) < 4.78 is 43.0. The number of nitrogens with zero attached hydrogens (tertiary/aromatic N) is 3. The molecule has 3 aromatic carbocycles. The van der Waals surface area contributed by atoms with Crippen LogP contribution in [0.15, 0.2) is 94.9 Å². The largest absolute Gasteiger partial charge is 0.318 e. The molecule has 7 nitrogen and oxygen atoms in total. The molecule has 0 atom stereocenters. The van der Waals surface area contributed by atoms with E-state index in [4.69, 9.17) is 11.6 Å². The first-order valence-corrected chi connectivity index (χ1v) is 13.1. The fourth-order valence-corrected chi connectivity index (χ4v) is 5.46. The van der Waals surface area contributed by atoms with Gasteiger partial charge in [-0.1, -0.05) is 29.8 Å². The van der Waals surface area contributed by atoms with Crippen molar-refractivity contribution in [2.45, 2.75) is 18.7 Å². The first-order chi connectivity index (χ1) is 17.7. The highest BCUT2D eigenvalue weighted by atomic mass is 35.5. The summed E-state index contributed by atoms with van der Waals surface area (Å²) in [4.78, 5) is 12.8. The summed E-state index contributed by atoms with van der Waals surface area (Å²) in [6.07, 6.45) is 1.50. The first-order valence-electron chi connectivity index (χ1n) is 11.3. The molecule has 0 aliphatic carbocycles. The van der Waals surface area contributed by atoms with Crippen molar-refractivity contribution in [3.63, 3.8) is 0 Å². The summed E-state index contributed by atoms with van der Waals surface area (Å²) in [5, 5.41) is 4.68. The molecule has 0 radical (unpaired) electrons. The van der Waals surface area contributed by atoms with Crippen molar-refractivity contribution in [3.05, 3.63) is 113 Å². The molecule has 4 aromatic rings. The second kappa shape index (κ2) is 11.0. The summed E-state index contributed by atoms with van der Waals surface area (Å²) in [6, 6.07) is 21.9. The highest BCUT2D eigenvalue weighted by Crippen LogP contribution is 2.24. The number of nitrogens with one attached hydrogen (secondary N) is 1. The van der Waals surface area contributed by atoms with E-state index in [1.165, 1.54) is 30.5 Å². The van der Waals surface area contributed by atoms with Crippen molar-refractivity contribution in [1.29, 1.82) is 0 Å². The monoisotopic (exact) mass is 538 g/mol. The van der Waals surface area contributed by atoms with Crippen LogP contribution in [0.3, 0.4) is 0 Å². The van der Waals surface area contributed by atoms with Crippen LogP contribution in [0.25, 0.3) is 5.69 Å². The van der Waals surface area contributed by atoms with Gasteiger partial charge in [0.15, 0.2) is 0 Å². The van der Waals surface area contributed by atoms with Crippen molar-refractivity contribution in [1.82, 2.24) is 9.99 Å². The number of benzene rings is 3. The van der Waals surface area contributed by atoms with E-state index in [0.717, 1.165) is 39.1 Å². The summed E-state index contributed by atoms with van der Waals surface area (Å²) >= 11 is 6.00. The summed E-state index contributed by atoms with van der Waals surface area (Å²) in [5.74, 6) is -1.18. The van der Waals surface area contributed by atoms with Gasteiger partial charge >= 0.3 is 0 Å². The third kappa shape index (κ3) is 5.90. The van der Waals surface area contributed by atoms with Crippen molar-refractivity contribution in [2.24, 2.45) is 5.10 Å². The second-order valence-electron chi connectivity index (χ2n) is 8.23. The predicted octanol–water partition coefficient (Wildman–Crippen LogP) is 5.23. The van der Waals surface area contributed by atoms with Gasteiger partial charge in [0.25, 0.3) is 15.9 Å². The van der Waals surface area contributed by atoms with Gasteiger partial charge in [0.05, 0.1) is 16.8 Å². The van der Waals surface area contributed by atoms with E-state index in [0.29, 0.717) is 5.02 Å². The topological polar surface area (TPSA) is 83.8 Å². The van der Waals surface area contributed by atoms with Crippen molar-refractivity contribution >= 4 is 39.4 Å². The lowest BCUT2D eigenvalue weighted by molar-refractivity contribution is -0.119. The molecule has 1 aromatic heterocycles. The lowest BCUT2D eigenvalue weighted by Gasteiger charge is -2.23. The molecule has 10 heteroatoms. The molecule has 0 bridgehead atoms. The molecule has 37 heavy (non-hydrogen) atoms. The van der Waals surface area contributed by atoms with Gasteiger partial charge in [-0.25, -0.2) is 18.2 Å². The maximum absolute atomic E-state index is 13.5. The number of hydrazone groups is 1. The number of halogens is 2. The number of rotatable bonds is 8. The van der Waals surface area contributed by atoms with E-state index >= 15 is 0 Å². The molecule has 0 aliphatic heterocycles. The van der Waals surface area contributed by atoms with Crippen molar-refractivity contribution in [3.8, 4) is 5.69 Å². The minimum Gasteiger partial charge on any atom is -0.318 e. The third-order valence-electron chi connectivity index (χ3n) is 5.68. The highest BCUT2D eigenvalue weighted by molar-refractivity contribution is 7.92. The Hall–Kier alpha value is -3.95. The van der Waals surface area contributed by atoms with E-state index in [1.807, 2.05) is 36.6 Å². The molecule has 4 rings (SSSR count). The summed E-state index contributed by atoms with van der Waals surface area (Å²) in [5.41, 5.74) is 6.12. The number of aryl methyl sites for hydroxylation is 1. The average Bonchev–Trinajstić information content (AvgIpc) is 3.17. The van der Waals surface area contributed by atoms with Crippen LogP contribution in [0.4, 0.5) is 10.1 Å². The zero-order valence-corrected chi connectivity index (χ0v) is 21.7. The average molecular weight is 539 g/mol. The molecule has 0 saturated carbocycles. The molecular weight excluding hydrogens is 515 g/mol. The summed E-state index contributed by atoms with van der Waals surface area (Å²) in [6.45, 7) is 3.32. The SMILES string of the molecule is Cc1cc(/C=N\NC(=O)CN(c2ccc(F)cc2)S(=O)(=O)c2ccccc2)c(C)n1-c1ccc(Cl)cc1. The Balaban J connectivity index is 1.53. The zero-order valence-electron chi connectivity index (χ0n) is 20.1. The minimum absolute atomic E-state index is 0.00488.